The average molecular weight is 238 g/mol. The summed E-state index contributed by atoms with van der Waals surface area (Å²) in [7, 11) is 0. The minimum atomic E-state index is -0.616. The molecule has 0 saturated carbocycles. The first-order valence-corrected chi connectivity index (χ1v) is 5.41. The maximum Gasteiger partial charge on any atom is 0.342 e. The molecule has 0 amide bonds. The molecule has 17 heavy (non-hydrogen) atoms. The Kier molecular flexibility index (Phi) is 2.93. The summed E-state index contributed by atoms with van der Waals surface area (Å²) in [6, 6.07) is 2.54. The number of hydrogen-bond acceptors (Lipinski definition) is 5. The predicted octanol–water partition coefficient (Wildman–Crippen LogP) is 0.950. The Morgan fingerprint density at radius 2 is 2.18 bits per heavy atom. The summed E-state index contributed by atoms with van der Waals surface area (Å²) >= 11 is 0. The molecular weight excluding hydrogens is 224 g/mol. The van der Waals surface area contributed by atoms with Crippen molar-refractivity contribution in [2.45, 2.75) is 32.0 Å². The molecule has 5 heteroatoms. The van der Waals surface area contributed by atoms with E-state index >= 15 is 0 Å². The Balaban J connectivity index is 2.33. The molecule has 2 atom stereocenters. The van der Waals surface area contributed by atoms with Crippen molar-refractivity contribution in [1.82, 2.24) is 0 Å². The van der Waals surface area contributed by atoms with E-state index in [1.165, 1.54) is 6.07 Å². The van der Waals surface area contributed by atoms with Crippen molar-refractivity contribution in [2.24, 2.45) is 0 Å². The fourth-order valence-corrected chi connectivity index (χ4v) is 2.07. The zero-order valence-corrected chi connectivity index (χ0v) is 9.38. The zero-order chi connectivity index (χ0) is 12.6. The van der Waals surface area contributed by atoms with Gasteiger partial charge in [-0.05, 0) is 18.6 Å². The third-order valence-corrected chi connectivity index (χ3v) is 2.71. The van der Waals surface area contributed by atoms with E-state index < -0.39 is 18.2 Å². The van der Waals surface area contributed by atoms with Crippen LogP contribution in [0.5, 0.6) is 11.5 Å². The van der Waals surface area contributed by atoms with Crippen molar-refractivity contribution >= 4 is 5.97 Å². The van der Waals surface area contributed by atoms with Crippen LogP contribution >= 0.6 is 0 Å². The van der Waals surface area contributed by atoms with Crippen LogP contribution in [0.2, 0.25) is 0 Å². The Bertz CT molecular complexity index is 452. The summed E-state index contributed by atoms with van der Waals surface area (Å²) in [5, 5.41) is 28.2. The van der Waals surface area contributed by atoms with Crippen molar-refractivity contribution in [3.8, 4) is 11.5 Å². The number of aromatic hydroxyl groups is 2. The second-order valence-corrected chi connectivity index (χ2v) is 4.32. The van der Waals surface area contributed by atoms with Crippen LogP contribution in [0, 0.1) is 0 Å². The maximum atomic E-state index is 11.7. The highest BCUT2D eigenvalue weighted by atomic mass is 16.5. The lowest BCUT2D eigenvalue weighted by molar-refractivity contribution is 0.0120. The van der Waals surface area contributed by atoms with E-state index in [4.69, 9.17) is 4.74 Å². The summed E-state index contributed by atoms with van der Waals surface area (Å²) < 4.78 is 5.10. The number of hydrogen-bond donors (Lipinski definition) is 3. The van der Waals surface area contributed by atoms with Gasteiger partial charge in [0.25, 0.3) is 0 Å². The lowest BCUT2D eigenvalue weighted by Gasteiger charge is -2.26. The second kappa shape index (κ2) is 4.25. The molecule has 2 rings (SSSR count). The molecular formula is C12H14O5. The Morgan fingerprint density at radius 1 is 1.47 bits per heavy atom. The quantitative estimate of drug-likeness (QED) is 0.668. The molecule has 1 aromatic carbocycles. The molecule has 3 N–H and O–H groups in total. The topological polar surface area (TPSA) is 87.0 Å². The molecule has 0 bridgehead atoms. The van der Waals surface area contributed by atoms with Crippen LogP contribution in [-0.2, 0) is 11.2 Å². The molecule has 0 aliphatic carbocycles. The molecule has 0 fully saturated rings. The zero-order valence-electron chi connectivity index (χ0n) is 9.38. The van der Waals surface area contributed by atoms with Crippen molar-refractivity contribution in [2.75, 3.05) is 0 Å². The summed E-state index contributed by atoms with van der Waals surface area (Å²) in [4.78, 5) is 11.7. The summed E-state index contributed by atoms with van der Waals surface area (Å²) in [5.74, 6) is -0.985. The van der Waals surface area contributed by atoms with Gasteiger partial charge < -0.3 is 20.1 Å². The molecule has 1 aromatic rings. The summed E-state index contributed by atoms with van der Waals surface area (Å²) in [5.41, 5.74) is 0.647. The Hall–Kier alpha value is -1.75. The van der Waals surface area contributed by atoms with Crippen LogP contribution < -0.4 is 0 Å². The van der Waals surface area contributed by atoms with Gasteiger partial charge in [-0.3, -0.25) is 0 Å². The number of carbonyl (C=O) groups is 1. The molecule has 0 saturated heterocycles. The van der Waals surface area contributed by atoms with Crippen molar-refractivity contribution in [3.05, 3.63) is 23.3 Å². The second-order valence-electron chi connectivity index (χ2n) is 4.32. The summed E-state index contributed by atoms with van der Waals surface area (Å²) in [6.45, 7) is 1.61. The van der Waals surface area contributed by atoms with E-state index in [9.17, 15) is 20.1 Å². The van der Waals surface area contributed by atoms with Crippen molar-refractivity contribution < 1.29 is 24.9 Å². The van der Waals surface area contributed by atoms with Crippen molar-refractivity contribution in [3.63, 3.8) is 0 Å². The first kappa shape index (κ1) is 11.7. The van der Waals surface area contributed by atoms with Gasteiger partial charge in [0, 0.05) is 18.9 Å². The van der Waals surface area contributed by atoms with Crippen LogP contribution in [0.1, 0.15) is 29.3 Å². The third kappa shape index (κ3) is 2.34. The molecule has 1 heterocycles. The molecule has 1 aliphatic rings. The van der Waals surface area contributed by atoms with E-state index in [2.05, 4.69) is 0 Å². The van der Waals surface area contributed by atoms with Gasteiger partial charge in [0.05, 0.1) is 6.10 Å². The number of fused-ring (bicyclic) bond motifs is 1. The number of benzene rings is 1. The van der Waals surface area contributed by atoms with E-state index in [0.717, 1.165) is 6.07 Å². The molecule has 0 radical (unpaired) electrons. The average Bonchev–Trinajstić information content (AvgIpc) is 2.13. The first-order chi connectivity index (χ1) is 7.97. The van der Waals surface area contributed by atoms with Gasteiger partial charge in [0.1, 0.15) is 23.2 Å². The number of aliphatic hydroxyl groups excluding tert-OH is 1. The number of carbonyl (C=O) groups excluding carboxylic acids is 1. The molecule has 0 aromatic heterocycles. The Labute approximate surface area is 98.3 Å². The van der Waals surface area contributed by atoms with E-state index in [1.807, 2.05) is 0 Å². The lowest BCUT2D eigenvalue weighted by atomic mass is 9.95. The van der Waals surface area contributed by atoms with E-state index in [1.54, 1.807) is 6.92 Å². The van der Waals surface area contributed by atoms with Gasteiger partial charge in [-0.1, -0.05) is 0 Å². The molecule has 92 valence electrons. The van der Waals surface area contributed by atoms with Crippen molar-refractivity contribution in [1.29, 1.82) is 0 Å². The largest absolute Gasteiger partial charge is 0.508 e. The molecule has 1 unspecified atom stereocenters. The number of esters is 1. The summed E-state index contributed by atoms with van der Waals surface area (Å²) in [6.07, 6.45) is -0.272. The number of cyclic esters (lactones) is 1. The minimum Gasteiger partial charge on any atom is -0.508 e. The highest BCUT2D eigenvalue weighted by Gasteiger charge is 2.30. The van der Waals surface area contributed by atoms with Gasteiger partial charge in [-0.25, -0.2) is 4.79 Å². The van der Waals surface area contributed by atoms with Crippen LogP contribution in [0.25, 0.3) is 0 Å². The van der Waals surface area contributed by atoms with Gasteiger partial charge in [0.2, 0.25) is 0 Å². The molecule has 5 nitrogen and oxygen atoms in total. The fraction of sp³-hybridized carbons (Fsp3) is 0.417. The molecule has 1 aliphatic heterocycles. The number of phenolic OH excluding ortho intramolecular Hbond substituents is 2. The number of phenols is 2. The van der Waals surface area contributed by atoms with Gasteiger partial charge in [-0.15, -0.1) is 0 Å². The smallest absolute Gasteiger partial charge is 0.342 e. The first-order valence-electron chi connectivity index (χ1n) is 5.41. The highest BCUT2D eigenvalue weighted by Crippen LogP contribution is 2.33. The number of rotatable bonds is 2. The maximum absolute atomic E-state index is 11.7. The van der Waals surface area contributed by atoms with E-state index in [0.29, 0.717) is 18.4 Å². The van der Waals surface area contributed by atoms with Gasteiger partial charge >= 0.3 is 5.97 Å². The lowest BCUT2D eigenvalue weighted by Crippen LogP contribution is -2.30. The number of ether oxygens (including phenoxy) is 1. The molecule has 0 spiro atoms. The third-order valence-electron chi connectivity index (χ3n) is 2.71. The highest BCUT2D eigenvalue weighted by molar-refractivity contribution is 5.95. The van der Waals surface area contributed by atoms with Gasteiger partial charge in [0.15, 0.2) is 0 Å². The van der Waals surface area contributed by atoms with Crippen LogP contribution in [-0.4, -0.2) is 33.5 Å². The van der Waals surface area contributed by atoms with Crippen LogP contribution in [0.4, 0.5) is 0 Å². The minimum absolute atomic E-state index is 0.0910. The van der Waals surface area contributed by atoms with Crippen LogP contribution in [0.3, 0.4) is 0 Å². The monoisotopic (exact) mass is 238 g/mol. The predicted molar refractivity (Wildman–Crippen MR) is 59.0 cm³/mol. The normalized spacial score (nSPS) is 20.6. The van der Waals surface area contributed by atoms with Gasteiger partial charge in [-0.2, -0.15) is 0 Å². The standard InChI is InChI=1S/C12H14O5/c1-6(13)2-9-4-7-3-8(14)5-10(15)11(7)12(16)17-9/h3,5-6,9,13-15H,2,4H2,1H3/t6?,9-/m0/s1. The van der Waals surface area contributed by atoms with E-state index in [-0.39, 0.29) is 17.1 Å². The fourth-order valence-electron chi connectivity index (χ4n) is 2.07. The van der Waals surface area contributed by atoms with Crippen LogP contribution in [0.15, 0.2) is 12.1 Å². The SMILES string of the molecule is CC(O)C[C@H]1Cc2cc(O)cc(O)c2C(=O)O1. The Morgan fingerprint density at radius 3 is 2.82 bits per heavy atom. The number of aliphatic hydroxyl groups is 1.